The quantitative estimate of drug-likeness (QED) is 0.815. The lowest BCUT2D eigenvalue weighted by Gasteiger charge is -2.34. The van der Waals surface area contributed by atoms with Crippen LogP contribution in [0.2, 0.25) is 0 Å². The summed E-state index contributed by atoms with van der Waals surface area (Å²) in [6.45, 7) is 2.54. The molecular weight excluding hydrogens is 330 g/mol. The number of benzene rings is 1. The van der Waals surface area contributed by atoms with E-state index >= 15 is 0 Å². The van der Waals surface area contributed by atoms with Gasteiger partial charge in [0.1, 0.15) is 0 Å². The lowest BCUT2D eigenvalue weighted by atomic mass is 9.79. The van der Waals surface area contributed by atoms with Gasteiger partial charge in [0.05, 0.1) is 5.60 Å². The molecule has 0 bridgehead atoms. The van der Waals surface area contributed by atoms with Crippen molar-refractivity contribution in [3.8, 4) is 0 Å². The van der Waals surface area contributed by atoms with Crippen LogP contribution < -0.4 is 5.32 Å². The average molecular weight is 352 g/mol. The molecule has 2 N–H and O–H groups in total. The van der Waals surface area contributed by atoms with Gasteiger partial charge in [0.2, 0.25) is 5.91 Å². The Balaban J connectivity index is 1.84. The number of amides is 1. The molecule has 0 radical (unpaired) electrons. The van der Waals surface area contributed by atoms with Crippen LogP contribution in [0, 0.1) is 5.92 Å². The van der Waals surface area contributed by atoms with Crippen LogP contribution in [-0.2, 0) is 4.79 Å². The van der Waals surface area contributed by atoms with E-state index in [0.29, 0.717) is 12.5 Å². The van der Waals surface area contributed by atoms with Crippen LogP contribution in [0.3, 0.4) is 0 Å². The highest BCUT2D eigenvalue weighted by Crippen LogP contribution is 2.31. The molecule has 0 spiro atoms. The van der Waals surface area contributed by atoms with Crippen molar-refractivity contribution in [1.29, 1.82) is 0 Å². The summed E-state index contributed by atoms with van der Waals surface area (Å²) in [6, 6.07) is 7.72. The van der Waals surface area contributed by atoms with E-state index in [1.165, 1.54) is 6.08 Å². The molecule has 0 aliphatic heterocycles. The van der Waals surface area contributed by atoms with Crippen molar-refractivity contribution >= 4 is 27.9 Å². The summed E-state index contributed by atoms with van der Waals surface area (Å²) in [4.78, 5) is 11.9. The van der Waals surface area contributed by atoms with Gasteiger partial charge in [-0.15, -0.1) is 0 Å². The van der Waals surface area contributed by atoms with E-state index in [-0.39, 0.29) is 5.91 Å². The van der Waals surface area contributed by atoms with Crippen LogP contribution in [0.15, 0.2) is 34.8 Å². The normalized spacial score (nSPS) is 26.0. The molecule has 1 aliphatic carbocycles. The van der Waals surface area contributed by atoms with E-state index in [4.69, 9.17) is 0 Å². The predicted molar refractivity (Wildman–Crippen MR) is 88.8 cm³/mol. The summed E-state index contributed by atoms with van der Waals surface area (Å²) < 4.78 is 0.953. The molecule has 1 fully saturated rings. The van der Waals surface area contributed by atoms with Gasteiger partial charge in [-0.1, -0.05) is 41.1 Å². The van der Waals surface area contributed by atoms with Crippen LogP contribution in [-0.4, -0.2) is 23.2 Å². The summed E-state index contributed by atoms with van der Waals surface area (Å²) in [5.74, 6) is 0.508. The molecular formula is C17H22BrNO2. The van der Waals surface area contributed by atoms with Crippen LogP contribution in [0.5, 0.6) is 0 Å². The van der Waals surface area contributed by atoms with Crippen LogP contribution in [0.4, 0.5) is 0 Å². The summed E-state index contributed by atoms with van der Waals surface area (Å²) >= 11 is 3.44. The second kappa shape index (κ2) is 7.23. The van der Waals surface area contributed by atoms with Gasteiger partial charge in [-0.2, -0.15) is 0 Å². The highest BCUT2D eigenvalue weighted by molar-refractivity contribution is 9.10. The number of rotatable bonds is 4. The minimum Gasteiger partial charge on any atom is -0.388 e. The Morgan fingerprint density at radius 1 is 1.43 bits per heavy atom. The molecule has 3 nitrogen and oxygen atoms in total. The number of hydrogen-bond donors (Lipinski definition) is 2. The maximum absolute atomic E-state index is 11.9. The number of nitrogens with one attached hydrogen (secondary N) is 1. The summed E-state index contributed by atoms with van der Waals surface area (Å²) in [6.07, 6.45) is 6.87. The Bertz CT molecular complexity index is 519. The number of carbonyl (C=O) groups excluding carboxylic acids is 1. The lowest BCUT2D eigenvalue weighted by molar-refractivity contribution is -0.118. The van der Waals surface area contributed by atoms with Gasteiger partial charge in [0.25, 0.3) is 0 Å². The van der Waals surface area contributed by atoms with Crippen LogP contribution >= 0.6 is 15.9 Å². The van der Waals surface area contributed by atoms with Gasteiger partial charge in [-0.05, 0) is 49.3 Å². The summed E-state index contributed by atoms with van der Waals surface area (Å²) in [5.41, 5.74) is 0.224. The number of aliphatic hydroxyl groups is 1. The van der Waals surface area contributed by atoms with Gasteiger partial charge in [0, 0.05) is 17.1 Å². The molecule has 1 saturated carbocycles. The Morgan fingerprint density at radius 3 is 2.76 bits per heavy atom. The first-order valence-corrected chi connectivity index (χ1v) is 8.21. The third-order valence-corrected chi connectivity index (χ3v) is 4.84. The minimum atomic E-state index is -0.733. The molecule has 4 heteroatoms. The smallest absolute Gasteiger partial charge is 0.244 e. The van der Waals surface area contributed by atoms with E-state index in [1.807, 2.05) is 24.3 Å². The molecule has 0 atom stereocenters. The Kier molecular flexibility index (Phi) is 5.59. The topological polar surface area (TPSA) is 49.3 Å². The second-order valence-electron chi connectivity index (χ2n) is 5.98. The van der Waals surface area contributed by atoms with Gasteiger partial charge in [-0.3, -0.25) is 4.79 Å². The number of carbonyl (C=O) groups is 1. The van der Waals surface area contributed by atoms with Crippen molar-refractivity contribution in [2.24, 2.45) is 5.92 Å². The molecule has 0 aromatic heterocycles. The molecule has 1 amide bonds. The van der Waals surface area contributed by atoms with Gasteiger partial charge < -0.3 is 10.4 Å². The molecule has 2 rings (SSSR count). The van der Waals surface area contributed by atoms with E-state index < -0.39 is 5.60 Å². The van der Waals surface area contributed by atoms with Gasteiger partial charge in [-0.25, -0.2) is 0 Å². The molecule has 1 aliphatic rings. The first kappa shape index (κ1) is 16.2. The van der Waals surface area contributed by atoms with E-state index in [2.05, 4.69) is 28.2 Å². The fourth-order valence-corrected chi connectivity index (χ4v) is 2.98. The maximum atomic E-state index is 11.9. The SMILES string of the molecule is CC1CCC(O)(CNC(=O)C=Cc2ccccc2Br)CC1. The molecule has 0 saturated heterocycles. The summed E-state index contributed by atoms with van der Waals surface area (Å²) in [7, 11) is 0. The highest BCUT2D eigenvalue weighted by Gasteiger charge is 2.31. The molecule has 1 aromatic rings. The highest BCUT2D eigenvalue weighted by atomic mass is 79.9. The monoisotopic (exact) mass is 351 g/mol. The van der Waals surface area contributed by atoms with Crippen LogP contribution in [0.25, 0.3) is 6.08 Å². The van der Waals surface area contributed by atoms with E-state index in [9.17, 15) is 9.90 Å². The fraction of sp³-hybridized carbons (Fsp3) is 0.471. The van der Waals surface area contributed by atoms with Crippen LogP contribution in [0.1, 0.15) is 38.2 Å². The fourth-order valence-electron chi connectivity index (χ4n) is 2.56. The second-order valence-corrected chi connectivity index (χ2v) is 6.83. The zero-order chi connectivity index (χ0) is 15.3. The zero-order valence-electron chi connectivity index (χ0n) is 12.3. The maximum Gasteiger partial charge on any atom is 0.244 e. The predicted octanol–water partition coefficient (Wildman–Crippen LogP) is 3.52. The van der Waals surface area contributed by atoms with E-state index in [0.717, 1.165) is 35.7 Å². The zero-order valence-corrected chi connectivity index (χ0v) is 13.9. The van der Waals surface area contributed by atoms with Crippen molar-refractivity contribution in [2.45, 2.75) is 38.2 Å². The molecule has 0 heterocycles. The first-order chi connectivity index (χ1) is 9.98. The largest absolute Gasteiger partial charge is 0.388 e. The number of hydrogen-bond acceptors (Lipinski definition) is 2. The lowest BCUT2D eigenvalue weighted by Crippen LogP contribution is -2.44. The van der Waals surface area contributed by atoms with Crippen molar-refractivity contribution < 1.29 is 9.90 Å². The molecule has 0 unspecified atom stereocenters. The number of halogens is 1. The van der Waals surface area contributed by atoms with E-state index in [1.54, 1.807) is 6.08 Å². The van der Waals surface area contributed by atoms with Crippen molar-refractivity contribution in [1.82, 2.24) is 5.32 Å². The third-order valence-electron chi connectivity index (χ3n) is 4.12. The van der Waals surface area contributed by atoms with Crippen molar-refractivity contribution in [2.75, 3.05) is 6.54 Å². The standard InChI is InChI=1S/C17H22BrNO2/c1-13-8-10-17(21,11-9-13)12-19-16(20)7-6-14-4-2-3-5-15(14)18/h2-7,13,21H,8-12H2,1H3,(H,19,20). The first-order valence-electron chi connectivity index (χ1n) is 7.41. The Hall–Kier alpha value is -1.13. The van der Waals surface area contributed by atoms with Gasteiger partial charge in [0.15, 0.2) is 0 Å². The Labute approximate surface area is 134 Å². The molecule has 114 valence electrons. The Morgan fingerprint density at radius 2 is 2.10 bits per heavy atom. The van der Waals surface area contributed by atoms with Gasteiger partial charge >= 0.3 is 0 Å². The van der Waals surface area contributed by atoms with Crippen molar-refractivity contribution in [3.63, 3.8) is 0 Å². The van der Waals surface area contributed by atoms with Crippen molar-refractivity contribution in [3.05, 3.63) is 40.4 Å². The third kappa shape index (κ3) is 4.97. The minimum absolute atomic E-state index is 0.169. The molecule has 1 aromatic carbocycles. The summed E-state index contributed by atoms with van der Waals surface area (Å²) in [5, 5.41) is 13.2. The average Bonchev–Trinajstić information content (AvgIpc) is 2.48. The molecule has 21 heavy (non-hydrogen) atoms.